The van der Waals surface area contributed by atoms with Gasteiger partial charge in [-0.1, -0.05) is 34.1 Å². The lowest BCUT2D eigenvalue weighted by Gasteiger charge is -2.34. The molecule has 3 heteroatoms. The van der Waals surface area contributed by atoms with E-state index in [2.05, 4.69) is 61.8 Å². The average molecular weight is 297 g/mol. The molecule has 0 aliphatic carbocycles. The molecule has 0 aliphatic rings. The second-order valence-electron chi connectivity index (χ2n) is 6.89. The van der Waals surface area contributed by atoms with Crippen LogP contribution in [0.1, 0.15) is 46.1 Å². The zero-order valence-corrected chi connectivity index (χ0v) is 14.7. The van der Waals surface area contributed by atoms with Crippen molar-refractivity contribution < 1.29 is 0 Å². The molecular weight excluding hydrogens is 264 g/mol. The van der Waals surface area contributed by atoms with Crippen molar-refractivity contribution >= 4 is 11.3 Å². The van der Waals surface area contributed by atoms with Crippen LogP contribution >= 0.6 is 11.3 Å². The van der Waals surface area contributed by atoms with Crippen LogP contribution in [-0.4, -0.2) is 31.6 Å². The first-order valence-electron chi connectivity index (χ1n) is 7.85. The number of thiophene rings is 1. The number of rotatable bonds is 10. The second kappa shape index (κ2) is 8.81. The van der Waals surface area contributed by atoms with Gasteiger partial charge < -0.3 is 10.2 Å². The van der Waals surface area contributed by atoms with Gasteiger partial charge in [0.1, 0.15) is 0 Å². The maximum atomic E-state index is 3.65. The molecule has 2 nitrogen and oxygen atoms in total. The van der Waals surface area contributed by atoms with Crippen LogP contribution in [0.5, 0.6) is 0 Å². The van der Waals surface area contributed by atoms with Gasteiger partial charge in [0, 0.05) is 19.6 Å². The molecule has 0 radical (unpaired) electrons. The zero-order valence-electron chi connectivity index (χ0n) is 13.9. The van der Waals surface area contributed by atoms with Crippen LogP contribution in [0.3, 0.4) is 0 Å². The molecule has 116 valence electrons. The summed E-state index contributed by atoms with van der Waals surface area (Å²) in [5.41, 5.74) is 1.81. The third-order valence-electron chi connectivity index (χ3n) is 3.64. The summed E-state index contributed by atoms with van der Waals surface area (Å²) < 4.78 is 0. The molecule has 0 aliphatic heterocycles. The largest absolute Gasteiger partial charge is 0.316 e. The SMILES string of the molecule is CCCC(C)(CNCC(C)C)CN(C)Cc1ccsc1. The van der Waals surface area contributed by atoms with Crippen molar-refractivity contribution in [1.29, 1.82) is 0 Å². The van der Waals surface area contributed by atoms with E-state index in [9.17, 15) is 0 Å². The van der Waals surface area contributed by atoms with E-state index in [0.29, 0.717) is 5.41 Å². The molecule has 0 saturated heterocycles. The summed E-state index contributed by atoms with van der Waals surface area (Å²) >= 11 is 1.79. The van der Waals surface area contributed by atoms with E-state index in [0.717, 1.165) is 32.1 Å². The number of nitrogens with zero attached hydrogens (tertiary/aromatic N) is 1. The molecule has 0 saturated carbocycles. The Morgan fingerprint density at radius 1 is 1.40 bits per heavy atom. The fourth-order valence-electron chi connectivity index (χ4n) is 2.89. The van der Waals surface area contributed by atoms with E-state index in [1.54, 1.807) is 11.3 Å². The molecular formula is C17H32N2S. The highest BCUT2D eigenvalue weighted by Gasteiger charge is 2.24. The summed E-state index contributed by atoms with van der Waals surface area (Å²) in [6, 6.07) is 2.23. The Morgan fingerprint density at radius 3 is 2.70 bits per heavy atom. The number of nitrogens with one attached hydrogen (secondary N) is 1. The van der Waals surface area contributed by atoms with Crippen molar-refractivity contribution in [2.75, 3.05) is 26.7 Å². The quantitative estimate of drug-likeness (QED) is 0.695. The van der Waals surface area contributed by atoms with Crippen LogP contribution in [0.4, 0.5) is 0 Å². The van der Waals surface area contributed by atoms with E-state index < -0.39 is 0 Å². The van der Waals surface area contributed by atoms with Crippen LogP contribution in [0.15, 0.2) is 16.8 Å². The smallest absolute Gasteiger partial charge is 0.0239 e. The third kappa shape index (κ3) is 6.87. The number of hydrogen-bond acceptors (Lipinski definition) is 3. The highest BCUT2D eigenvalue weighted by atomic mass is 32.1. The third-order valence-corrected chi connectivity index (χ3v) is 4.37. The Kier molecular flexibility index (Phi) is 7.78. The van der Waals surface area contributed by atoms with Crippen molar-refractivity contribution in [3.63, 3.8) is 0 Å². The summed E-state index contributed by atoms with van der Waals surface area (Å²) in [6.45, 7) is 13.7. The maximum absolute atomic E-state index is 3.65. The fourth-order valence-corrected chi connectivity index (χ4v) is 3.55. The van der Waals surface area contributed by atoms with E-state index in [4.69, 9.17) is 0 Å². The van der Waals surface area contributed by atoms with Gasteiger partial charge in [-0.05, 0) is 53.7 Å². The van der Waals surface area contributed by atoms with Crippen LogP contribution < -0.4 is 5.32 Å². The summed E-state index contributed by atoms with van der Waals surface area (Å²) in [6.07, 6.45) is 2.54. The highest BCUT2D eigenvalue weighted by Crippen LogP contribution is 2.24. The standard InChI is InChI=1S/C17H32N2S/c1-6-8-17(4,13-18-10-15(2)3)14-19(5)11-16-7-9-20-12-16/h7,9,12,15,18H,6,8,10-11,13-14H2,1-5H3. The molecule has 0 fully saturated rings. The molecule has 1 N–H and O–H groups in total. The molecule has 0 spiro atoms. The lowest BCUT2D eigenvalue weighted by atomic mass is 9.84. The van der Waals surface area contributed by atoms with Gasteiger partial charge in [0.05, 0.1) is 0 Å². The van der Waals surface area contributed by atoms with Gasteiger partial charge in [0.15, 0.2) is 0 Å². The van der Waals surface area contributed by atoms with E-state index >= 15 is 0 Å². The minimum atomic E-state index is 0.369. The number of hydrogen-bond donors (Lipinski definition) is 1. The highest BCUT2D eigenvalue weighted by molar-refractivity contribution is 7.07. The second-order valence-corrected chi connectivity index (χ2v) is 7.67. The van der Waals surface area contributed by atoms with Gasteiger partial charge in [-0.2, -0.15) is 11.3 Å². The van der Waals surface area contributed by atoms with Crippen molar-refractivity contribution in [3.8, 4) is 0 Å². The predicted octanol–water partition coefficient (Wildman–Crippen LogP) is 4.23. The molecule has 20 heavy (non-hydrogen) atoms. The molecule has 0 bridgehead atoms. The van der Waals surface area contributed by atoms with Crippen LogP contribution in [0.25, 0.3) is 0 Å². The normalized spacial score (nSPS) is 14.9. The minimum absolute atomic E-state index is 0.369. The Bertz CT molecular complexity index is 348. The summed E-state index contributed by atoms with van der Waals surface area (Å²) in [7, 11) is 2.24. The summed E-state index contributed by atoms with van der Waals surface area (Å²) in [5.74, 6) is 0.726. The van der Waals surface area contributed by atoms with Crippen LogP contribution in [0.2, 0.25) is 0 Å². The summed E-state index contributed by atoms with van der Waals surface area (Å²) in [5, 5.41) is 8.07. The van der Waals surface area contributed by atoms with Crippen molar-refractivity contribution in [3.05, 3.63) is 22.4 Å². The Labute approximate surface area is 129 Å². The predicted molar refractivity (Wildman–Crippen MR) is 91.4 cm³/mol. The molecule has 1 rings (SSSR count). The van der Waals surface area contributed by atoms with Gasteiger partial charge >= 0.3 is 0 Å². The lowest BCUT2D eigenvalue weighted by molar-refractivity contribution is 0.167. The molecule has 1 aromatic rings. The van der Waals surface area contributed by atoms with Gasteiger partial charge in [0.2, 0.25) is 0 Å². The molecule has 1 heterocycles. The molecule has 0 aromatic carbocycles. The Hall–Kier alpha value is -0.380. The topological polar surface area (TPSA) is 15.3 Å². The first-order valence-corrected chi connectivity index (χ1v) is 8.80. The van der Waals surface area contributed by atoms with Crippen molar-refractivity contribution in [2.45, 2.75) is 47.1 Å². The average Bonchev–Trinajstić information content (AvgIpc) is 2.80. The van der Waals surface area contributed by atoms with Crippen LogP contribution in [-0.2, 0) is 6.54 Å². The van der Waals surface area contributed by atoms with Gasteiger partial charge in [-0.3, -0.25) is 0 Å². The minimum Gasteiger partial charge on any atom is -0.316 e. The molecule has 1 atom stereocenters. The Morgan fingerprint density at radius 2 is 2.15 bits per heavy atom. The Balaban J connectivity index is 2.46. The van der Waals surface area contributed by atoms with E-state index in [1.165, 1.54) is 18.4 Å². The van der Waals surface area contributed by atoms with Gasteiger partial charge in [-0.15, -0.1) is 0 Å². The molecule has 0 amide bonds. The first kappa shape index (κ1) is 17.7. The first-order chi connectivity index (χ1) is 9.45. The summed E-state index contributed by atoms with van der Waals surface area (Å²) in [4.78, 5) is 2.47. The van der Waals surface area contributed by atoms with E-state index in [-0.39, 0.29) is 0 Å². The van der Waals surface area contributed by atoms with Gasteiger partial charge in [0.25, 0.3) is 0 Å². The van der Waals surface area contributed by atoms with Gasteiger partial charge in [-0.25, -0.2) is 0 Å². The maximum Gasteiger partial charge on any atom is 0.0239 e. The lowest BCUT2D eigenvalue weighted by Crippen LogP contribution is -2.41. The van der Waals surface area contributed by atoms with Crippen molar-refractivity contribution in [1.82, 2.24) is 10.2 Å². The monoisotopic (exact) mass is 296 g/mol. The van der Waals surface area contributed by atoms with Crippen molar-refractivity contribution in [2.24, 2.45) is 11.3 Å². The molecule has 1 unspecified atom stereocenters. The van der Waals surface area contributed by atoms with Crippen LogP contribution in [0, 0.1) is 11.3 Å². The fraction of sp³-hybridized carbons (Fsp3) is 0.765. The zero-order chi connectivity index (χ0) is 15.0. The van der Waals surface area contributed by atoms with E-state index in [1.807, 2.05) is 0 Å². The molecule has 1 aromatic heterocycles.